The molecule has 116 valence electrons. The van der Waals surface area contributed by atoms with Gasteiger partial charge in [-0.15, -0.1) is 5.48 Å². The molecule has 0 atom stereocenters. The van der Waals surface area contributed by atoms with Gasteiger partial charge in [0.25, 0.3) is 0 Å². The third kappa shape index (κ3) is 8.64. The summed E-state index contributed by atoms with van der Waals surface area (Å²) in [6.07, 6.45) is 0.220. The lowest BCUT2D eigenvalue weighted by Gasteiger charge is -2.07. The van der Waals surface area contributed by atoms with Crippen LogP contribution in [0.2, 0.25) is 0 Å². The predicted octanol–water partition coefficient (Wildman–Crippen LogP) is 1.20. The highest BCUT2D eigenvalue weighted by Gasteiger charge is 2.10. The maximum Gasteiger partial charge on any atom is 0.441 e. The van der Waals surface area contributed by atoms with Gasteiger partial charge in [0.2, 0.25) is 0 Å². The zero-order valence-corrected chi connectivity index (χ0v) is 12.4. The summed E-state index contributed by atoms with van der Waals surface area (Å²) in [5.41, 5.74) is 2.64. The Morgan fingerprint density at radius 3 is 2.48 bits per heavy atom. The molecule has 0 radical (unpaired) electrons. The second-order valence-electron chi connectivity index (χ2n) is 4.37. The van der Waals surface area contributed by atoms with Crippen LogP contribution in [0.25, 0.3) is 0 Å². The highest BCUT2D eigenvalue weighted by Crippen LogP contribution is 2.00. The summed E-state index contributed by atoms with van der Waals surface area (Å²) in [4.78, 5) is 26.9. The molecule has 0 saturated heterocycles. The zero-order chi connectivity index (χ0) is 15.7. The third-order valence-electron chi connectivity index (χ3n) is 2.36. The van der Waals surface area contributed by atoms with Crippen LogP contribution in [0.1, 0.15) is 18.4 Å². The SMILES string of the molecule is CS(=O)(=O)CCCC(=O)ONC(=O)OCc1ccccc1. The minimum absolute atomic E-state index is 0.0539. The molecule has 0 fully saturated rings. The number of rotatable bonds is 6. The van der Waals surface area contributed by atoms with Crippen LogP contribution in [0.5, 0.6) is 0 Å². The number of carbonyl (C=O) groups excluding carboxylic acids is 2. The first-order valence-electron chi connectivity index (χ1n) is 6.21. The lowest BCUT2D eigenvalue weighted by molar-refractivity contribution is -0.149. The molecule has 21 heavy (non-hydrogen) atoms. The first kappa shape index (κ1) is 17.0. The van der Waals surface area contributed by atoms with E-state index in [0.29, 0.717) is 0 Å². The number of sulfone groups is 1. The van der Waals surface area contributed by atoms with Crippen molar-refractivity contribution in [2.45, 2.75) is 19.4 Å². The van der Waals surface area contributed by atoms with Crippen LogP contribution < -0.4 is 5.48 Å². The fraction of sp³-hybridized carbons (Fsp3) is 0.385. The van der Waals surface area contributed by atoms with Gasteiger partial charge in [-0.2, -0.15) is 0 Å². The molecule has 8 heteroatoms. The van der Waals surface area contributed by atoms with Crippen LogP contribution in [0, 0.1) is 0 Å². The number of hydrogen-bond donors (Lipinski definition) is 1. The van der Waals surface area contributed by atoms with Gasteiger partial charge in [-0.3, -0.25) is 0 Å². The van der Waals surface area contributed by atoms with Crippen LogP contribution in [0.4, 0.5) is 4.79 Å². The largest absolute Gasteiger partial charge is 0.443 e. The van der Waals surface area contributed by atoms with Gasteiger partial charge in [0.05, 0.1) is 5.75 Å². The molecule has 0 aliphatic heterocycles. The molecule has 0 aliphatic carbocycles. The summed E-state index contributed by atoms with van der Waals surface area (Å²) < 4.78 is 26.5. The molecule has 1 N–H and O–H groups in total. The first-order valence-corrected chi connectivity index (χ1v) is 8.27. The van der Waals surface area contributed by atoms with E-state index < -0.39 is 21.9 Å². The van der Waals surface area contributed by atoms with Crippen molar-refractivity contribution in [2.75, 3.05) is 12.0 Å². The topological polar surface area (TPSA) is 98.8 Å². The Morgan fingerprint density at radius 2 is 1.86 bits per heavy atom. The normalized spacial score (nSPS) is 10.7. The highest BCUT2D eigenvalue weighted by molar-refractivity contribution is 7.90. The van der Waals surface area contributed by atoms with Crippen molar-refractivity contribution >= 4 is 21.9 Å². The molecule has 0 aromatic heterocycles. The van der Waals surface area contributed by atoms with Gasteiger partial charge < -0.3 is 9.57 Å². The van der Waals surface area contributed by atoms with E-state index >= 15 is 0 Å². The molecular formula is C13H17NO6S. The molecular weight excluding hydrogens is 298 g/mol. The van der Waals surface area contributed by atoms with E-state index in [1.807, 2.05) is 11.5 Å². The van der Waals surface area contributed by atoms with E-state index in [2.05, 4.69) is 4.84 Å². The Labute approximate surface area is 123 Å². The van der Waals surface area contributed by atoms with Crippen LogP contribution in [-0.4, -0.2) is 32.5 Å². The fourth-order valence-corrected chi connectivity index (χ4v) is 2.05. The van der Waals surface area contributed by atoms with E-state index in [0.717, 1.165) is 11.8 Å². The highest BCUT2D eigenvalue weighted by atomic mass is 32.2. The average Bonchev–Trinajstić information content (AvgIpc) is 2.42. The number of carbonyl (C=O) groups is 2. The summed E-state index contributed by atoms with van der Waals surface area (Å²) in [6, 6.07) is 9.01. The first-order chi connectivity index (χ1) is 9.87. The van der Waals surface area contributed by atoms with Crippen LogP contribution in [-0.2, 0) is 30.8 Å². The maximum atomic E-state index is 11.2. The van der Waals surface area contributed by atoms with Gasteiger partial charge in [0.15, 0.2) is 0 Å². The number of ether oxygens (including phenoxy) is 1. The maximum absolute atomic E-state index is 11.2. The predicted molar refractivity (Wildman–Crippen MR) is 74.8 cm³/mol. The van der Waals surface area contributed by atoms with E-state index in [1.165, 1.54) is 0 Å². The van der Waals surface area contributed by atoms with Crippen LogP contribution in [0.15, 0.2) is 30.3 Å². The van der Waals surface area contributed by atoms with Crippen molar-refractivity contribution in [1.82, 2.24) is 5.48 Å². The molecule has 1 rings (SSSR count). The summed E-state index contributed by atoms with van der Waals surface area (Å²) >= 11 is 0. The summed E-state index contributed by atoms with van der Waals surface area (Å²) in [6.45, 7) is 0.0539. The van der Waals surface area contributed by atoms with Gasteiger partial charge >= 0.3 is 12.1 Å². The lowest BCUT2D eigenvalue weighted by atomic mass is 10.2. The quantitative estimate of drug-likeness (QED) is 0.792. The van der Waals surface area contributed by atoms with Crippen molar-refractivity contribution in [3.8, 4) is 0 Å². The molecule has 0 heterocycles. The second-order valence-corrected chi connectivity index (χ2v) is 6.63. The molecule has 0 bridgehead atoms. The van der Waals surface area contributed by atoms with Gasteiger partial charge in [0, 0.05) is 12.7 Å². The van der Waals surface area contributed by atoms with Crippen molar-refractivity contribution in [3.05, 3.63) is 35.9 Å². The molecule has 0 spiro atoms. The third-order valence-corrected chi connectivity index (χ3v) is 3.39. The molecule has 1 aromatic rings. The molecule has 1 aromatic carbocycles. The van der Waals surface area contributed by atoms with Crippen LogP contribution in [0.3, 0.4) is 0 Å². The van der Waals surface area contributed by atoms with Gasteiger partial charge in [-0.05, 0) is 12.0 Å². The molecule has 0 aliphatic rings. The van der Waals surface area contributed by atoms with E-state index in [4.69, 9.17) is 4.74 Å². The Morgan fingerprint density at radius 1 is 1.19 bits per heavy atom. The lowest BCUT2D eigenvalue weighted by Crippen LogP contribution is -2.27. The van der Waals surface area contributed by atoms with E-state index in [-0.39, 0.29) is 25.2 Å². The van der Waals surface area contributed by atoms with Crippen molar-refractivity contribution in [1.29, 1.82) is 0 Å². The average molecular weight is 315 g/mol. The Bertz CT molecular complexity index is 570. The number of benzene rings is 1. The van der Waals surface area contributed by atoms with Crippen molar-refractivity contribution < 1.29 is 27.6 Å². The molecule has 0 unspecified atom stereocenters. The van der Waals surface area contributed by atoms with Gasteiger partial charge in [-0.25, -0.2) is 18.0 Å². The minimum Gasteiger partial charge on any atom is -0.443 e. The molecule has 7 nitrogen and oxygen atoms in total. The standard InChI is InChI=1S/C13H17NO6S/c1-21(17,18)9-5-8-12(15)20-14-13(16)19-10-11-6-3-2-4-7-11/h2-4,6-7H,5,8-10H2,1H3,(H,14,16). The van der Waals surface area contributed by atoms with E-state index in [1.54, 1.807) is 24.3 Å². The monoisotopic (exact) mass is 315 g/mol. The number of hydroxylamine groups is 1. The van der Waals surface area contributed by atoms with Crippen molar-refractivity contribution in [3.63, 3.8) is 0 Å². The van der Waals surface area contributed by atoms with Crippen molar-refractivity contribution in [2.24, 2.45) is 0 Å². The second kappa shape index (κ2) is 8.25. The molecule has 1 amide bonds. The van der Waals surface area contributed by atoms with Gasteiger partial charge in [0.1, 0.15) is 16.4 Å². The smallest absolute Gasteiger partial charge is 0.441 e. The van der Waals surface area contributed by atoms with Gasteiger partial charge in [-0.1, -0.05) is 30.3 Å². The Hall–Kier alpha value is -2.09. The fourth-order valence-electron chi connectivity index (χ4n) is 1.38. The number of amides is 1. The number of hydrogen-bond acceptors (Lipinski definition) is 6. The number of nitrogens with one attached hydrogen (secondary N) is 1. The minimum atomic E-state index is -3.11. The summed E-state index contributed by atoms with van der Waals surface area (Å²) in [5.74, 6) is -0.837. The van der Waals surface area contributed by atoms with Crippen LogP contribution >= 0.6 is 0 Å². The van der Waals surface area contributed by atoms with E-state index in [9.17, 15) is 18.0 Å². The zero-order valence-electron chi connectivity index (χ0n) is 11.6. The molecule has 0 saturated carbocycles. The Kier molecular flexibility index (Phi) is 6.67. The Balaban J connectivity index is 2.16. The summed E-state index contributed by atoms with van der Waals surface area (Å²) in [5, 5.41) is 0. The summed E-state index contributed by atoms with van der Waals surface area (Å²) in [7, 11) is -3.11.